The number of nitrogens with zero attached hydrogens (tertiary/aromatic N) is 1. The molecule has 1 N–H and O–H groups in total. The summed E-state index contributed by atoms with van der Waals surface area (Å²) in [5.74, 6) is -0.425. The molecular formula is C23H28N2O2. The average Bonchev–Trinajstić information content (AvgIpc) is 2.99. The van der Waals surface area contributed by atoms with Crippen molar-refractivity contribution in [2.75, 3.05) is 16.8 Å². The van der Waals surface area contributed by atoms with Gasteiger partial charge in [-0.3, -0.25) is 9.59 Å². The van der Waals surface area contributed by atoms with Gasteiger partial charge in [0.1, 0.15) is 0 Å². The number of hydrogen-bond donors (Lipinski definition) is 1. The molecule has 2 aromatic rings. The molecule has 4 heteroatoms. The van der Waals surface area contributed by atoms with Gasteiger partial charge in [0.2, 0.25) is 11.8 Å². The number of benzene rings is 2. The van der Waals surface area contributed by atoms with Crippen LogP contribution in [0.25, 0.3) is 0 Å². The zero-order valence-corrected chi connectivity index (χ0v) is 16.8. The molecule has 0 bridgehead atoms. The van der Waals surface area contributed by atoms with Crippen molar-refractivity contribution in [1.82, 2.24) is 0 Å². The van der Waals surface area contributed by atoms with Crippen LogP contribution in [-0.2, 0) is 15.0 Å². The molecule has 1 saturated heterocycles. The van der Waals surface area contributed by atoms with Gasteiger partial charge in [-0.05, 0) is 48.1 Å². The maximum atomic E-state index is 12.9. The van der Waals surface area contributed by atoms with Crippen LogP contribution in [0.15, 0.2) is 42.5 Å². The van der Waals surface area contributed by atoms with E-state index in [0.29, 0.717) is 6.54 Å². The van der Waals surface area contributed by atoms with E-state index in [-0.39, 0.29) is 29.6 Å². The summed E-state index contributed by atoms with van der Waals surface area (Å²) >= 11 is 0. The fourth-order valence-electron chi connectivity index (χ4n) is 3.62. The first-order chi connectivity index (χ1) is 12.7. The van der Waals surface area contributed by atoms with Gasteiger partial charge in [0.25, 0.3) is 0 Å². The van der Waals surface area contributed by atoms with Crippen molar-refractivity contribution in [2.24, 2.45) is 5.92 Å². The van der Waals surface area contributed by atoms with Crippen LogP contribution in [-0.4, -0.2) is 18.4 Å². The van der Waals surface area contributed by atoms with Crippen LogP contribution in [0.5, 0.6) is 0 Å². The summed E-state index contributed by atoms with van der Waals surface area (Å²) in [6.45, 7) is 10.8. The Kier molecular flexibility index (Phi) is 5.09. The van der Waals surface area contributed by atoms with Crippen molar-refractivity contribution in [3.05, 3.63) is 59.2 Å². The van der Waals surface area contributed by atoms with E-state index in [2.05, 4.69) is 26.1 Å². The molecule has 142 valence electrons. The number of para-hydroxylation sites is 1. The number of nitrogens with one attached hydrogen (secondary N) is 1. The van der Waals surface area contributed by atoms with Gasteiger partial charge < -0.3 is 10.2 Å². The number of amides is 2. The quantitative estimate of drug-likeness (QED) is 0.866. The lowest BCUT2D eigenvalue weighted by atomic mass is 9.85. The van der Waals surface area contributed by atoms with E-state index in [0.717, 1.165) is 28.1 Å². The van der Waals surface area contributed by atoms with Gasteiger partial charge in [-0.2, -0.15) is 0 Å². The van der Waals surface area contributed by atoms with Crippen molar-refractivity contribution < 1.29 is 9.59 Å². The van der Waals surface area contributed by atoms with Crippen LogP contribution in [0, 0.1) is 19.8 Å². The SMILES string of the molecule is Cc1cccc(N2CC(C(=O)Nc3ccccc3C(C)(C)C)CC2=O)c1C. The summed E-state index contributed by atoms with van der Waals surface area (Å²) in [7, 11) is 0. The van der Waals surface area contributed by atoms with Crippen LogP contribution in [0.1, 0.15) is 43.9 Å². The van der Waals surface area contributed by atoms with E-state index >= 15 is 0 Å². The van der Waals surface area contributed by atoms with Crippen molar-refractivity contribution in [2.45, 2.75) is 46.5 Å². The fourth-order valence-corrected chi connectivity index (χ4v) is 3.62. The number of carbonyl (C=O) groups is 2. The molecule has 0 spiro atoms. The summed E-state index contributed by atoms with van der Waals surface area (Å²) < 4.78 is 0. The topological polar surface area (TPSA) is 49.4 Å². The molecule has 4 nitrogen and oxygen atoms in total. The third-order valence-corrected chi connectivity index (χ3v) is 5.36. The first-order valence-electron chi connectivity index (χ1n) is 9.45. The second-order valence-electron chi connectivity index (χ2n) is 8.41. The highest BCUT2D eigenvalue weighted by Crippen LogP contribution is 2.32. The summed E-state index contributed by atoms with van der Waals surface area (Å²) in [5, 5.41) is 3.06. The van der Waals surface area contributed by atoms with E-state index < -0.39 is 0 Å². The van der Waals surface area contributed by atoms with E-state index in [1.165, 1.54) is 0 Å². The average molecular weight is 364 g/mol. The van der Waals surface area contributed by atoms with Crippen LogP contribution in [0.3, 0.4) is 0 Å². The van der Waals surface area contributed by atoms with Crippen molar-refractivity contribution in [3.8, 4) is 0 Å². The number of rotatable bonds is 3. The van der Waals surface area contributed by atoms with E-state index in [1.54, 1.807) is 4.90 Å². The van der Waals surface area contributed by atoms with Gasteiger partial charge in [-0.1, -0.05) is 51.1 Å². The van der Waals surface area contributed by atoms with Gasteiger partial charge in [-0.25, -0.2) is 0 Å². The molecule has 1 unspecified atom stereocenters. The predicted octanol–water partition coefficient (Wildman–Crippen LogP) is 4.59. The summed E-state index contributed by atoms with van der Waals surface area (Å²) in [4.78, 5) is 27.2. The summed E-state index contributed by atoms with van der Waals surface area (Å²) in [6.07, 6.45) is 0.247. The highest BCUT2D eigenvalue weighted by molar-refractivity contribution is 6.04. The Labute approximate surface area is 161 Å². The number of hydrogen-bond acceptors (Lipinski definition) is 2. The smallest absolute Gasteiger partial charge is 0.229 e. The second kappa shape index (κ2) is 7.18. The molecule has 2 aromatic carbocycles. The van der Waals surface area contributed by atoms with Gasteiger partial charge in [0.15, 0.2) is 0 Å². The van der Waals surface area contributed by atoms with Gasteiger partial charge in [0, 0.05) is 24.3 Å². The molecule has 0 radical (unpaired) electrons. The van der Waals surface area contributed by atoms with Crippen molar-refractivity contribution in [1.29, 1.82) is 0 Å². The zero-order chi connectivity index (χ0) is 19.8. The molecule has 27 heavy (non-hydrogen) atoms. The lowest BCUT2D eigenvalue weighted by Gasteiger charge is -2.24. The van der Waals surface area contributed by atoms with Gasteiger partial charge >= 0.3 is 0 Å². The van der Waals surface area contributed by atoms with Crippen LogP contribution >= 0.6 is 0 Å². The van der Waals surface area contributed by atoms with Gasteiger partial charge in [0.05, 0.1) is 5.92 Å². The standard InChI is InChI=1S/C23H28N2O2/c1-15-9-8-12-20(16(15)2)25-14-17(13-21(25)26)22(27)24-19-11-7-6-10-18(19)23(3,4)5/h6-12,17H,13-14H2,1-5H3,(H,24,27). The highest BCUT2D eigenvalue weighted by Gasteiger charge is 2.36. The summed E-state index contributed by atoms with van der Waals surface area (Å²) in [5.41, 5.74) is 4.99. The zero-order valence-electron chi connectivity index (χ0n) is 16.8. The molecule has 1 heterocycles. The molecule has 1 aliphatic heterocycles. The maximum Gasteiger partial charge on any atom is 0.229 e. The van der Waals surface area contributed by atoms with Crippen LogP contribution < -0.4 is 10.2 Å². The normalized spacial score (nSPS) is 17.3. The molecule has 1 atom stereocenters. The molecule has 0 saturated carbocycles. The van der Waals surface area contributed by atoms with Crippen molar-refractivity contribution >= 4 is 23.2 Å². The fraction of sp³-hybridized carbons (Fsp3) is 0.391. The number of aryl methyl sites for hydroxylation is 1. The maximum absolute atomic E-state index is 12.9. The second-order valence-corrected chi connectivity index (χ2v) is 8.41. The predicted molar refractivity (Wildman–Crippen MR) is 110 cm³/mol. The lowest BCUT2D eigenvalue weighted by molar-refractivity contribution is -0.122. The van der Waals surface area contributed by atoms with Crippen molar-refractivity contribution in [3.63, 3.8) is 0 Å². The molecule has 0 aromatic heterocycles. The van der Waals surface area contributed by atoms with Gasteiger partial charge in [-0.15, -0.1) is 0 Å². The van der Waals surface area contributed by atoms with E-state index in [1.807, 2.05) is 56.3 Å². The van der Waals surface area contributed by atoms with E-state index in [4.69, 9.17) is 0 Å². The highest BCUT2D eigenvalue weighted by atomic mass is 16.2. The Bertz CT molecular complexity index is 880. The lowest BCUT2D eigenvalue weighted by Crippen LogP contribution is -2.29. The molecule has 2 amide bonds. The minimum atomic E-state index is -0.342. The first-order valence-corrected chi connectivity index (χ1v) is 9.45. The monoisotopic (exact) mass is 364 g/mol. The first kappa shape index (κ1) is 19.2. The Hall–Kier alpha value is -2.62. The molecule has 3 rings (SSSR count). The molecule has 1 aliphatic rings. The Morgan fingerprint density at radius 2 is 1.78 bits per heavy atom. The largest absolute Gasteiger partial charge is 0.326 e. The van der Waals surface area contributed by atoms with Crippen LogP contribution in [0.4, 0.5) is 11.4 Å². The Morgan fingerprint density at radius 3 is 2.48 bits per heavy atom. The van der Waals surface area contributed by atoms with Crippen LogP contribution in [0.2, 0.25) is 0 Å². The third kappa shape index (κ3) is 3.90. The minimum Gasteiger partial charge on any atom is -0.326 e. The number of anilines is 2. The van der Waals surface area contributed by atoms with E-state index in [9.17, 15) is 9.59 Å². The summed E-state index contributed by atoms with van der Waals surface area (Å²) in [6, 6.07) is 13.8. The Morgan fingerprint density at radius 1 is 1.07 bits per heavy atom. The molecule has 1 fully saturated rings. The Balaban J connectivity index is 1.78. The molecular weight excluding hydrogens is 336 g/mol. The number of carbonyl (C=O) groups excluding carboxylic acids is 2. The molecule has 0 aliphatic carbocycles. The minimum absolute atomic E-state index is 0.00737. The third-order valence-electron chi connectivity index (χ3n) is 5.36.